The van der Waals surface area contributed by atoms with Crippen molar-refractivity contribution in [2.24, 2.45) is 0 Å². The van der Waals surface area contributed by atoms with Crippen LogP contribution >= 0.6 is 0 Å². The minimum absolute atomic E-state index is 0.322. The topological polar surface area (TPSA) is 12.9 Å². The molecule has 92 valence electrons. The minimum atomic E-state index is 0.322. The first-order valence-corrected chi connectivity index (χ1v) is 6.91. The molecule has 1 aromatic rings. The van der Waals surface area contributed by atoms with Crippen LogP contribution in [-0.2, 0) is 10.8 Å². The quantitative estimate of drug-likeness (QED) is 0.646. The van der Waals surface area contributed by atoms with Gasteiger partial charge in [-0.1, -0.05) is 27.7 Å². The lowest BCUT2D eigenvalue weighted by atomic mass is 9.60. The van der Waals surface area contributed by atoms with Crippen molar-refractivity contribution in [2.75, 3.05) is 0 Å². The second kappa shape index (κ2) is 3.34. The monoisotopic (exact) mass is 229 g/mol. The number of hydrogen-bond acceptors (Lipinski definition) is 1. The molecule has 3 rings (SSSR count). The van der Waals surface area contributed by atoms with E-state index in [1.54, 1.807) is 5.56 Å². The molecule has 0 saturated heterocycles. The van der Waals surface area contributed by atoms with E-state index in [9.17, 15) is 0 Å². The van der Waals surface area contributed by atoms with Crippen LogP contribution in [0.4, 0.5) is 0 Å². The van der Waals surface area contributed by atoms with Crippen molar-refractivity contribution in [3.05, 3.63) is 29.1 Å². The smallest absolute Gasteiger partial charge is 0.0308 e. The van der Waals surface area contributed by atoms with Crippen LogP contribution in [0.15, 0.2) is 12.4 Å². The fraction of sp³-hybridized carbons (Fsp3) is 0.688. The summed E-state index contributed by atoms with van der Waals surface area (Å²) in [5.74, 6) is 0.809. The average molecular weight is 229 g/mol. The summed E-state index contributed by atoms with van der Waals surface area (Å²) >= 11 is 0. The summed E-state index contributed by atoms with van der Waals surface area (Å²) in [5, 5.41) is 0. The van der Waals surface area contributed by atoms with E-state index < -0.39 is 0 Å². The van der Waals surface area contributed by atoms with Crippen LogP contribution < -0.4 is 0 Å². The summed E-state index contributed by atoms with van der Waals surface area (Å²) < 4.78 is 0. The van der Waals surface area contributed by atoms with Crippen LogP contribution in [0.5, 0.6) is 0 Å². The normalized spacial score (nSPS) is 25.4. The standard InChI is InChI=1S/C16H23N/c1-15(2)7-5-11-6-8-16(3,4)13-10-17-9-12(15)14(11)13/h9-11H,5-8H2,1-4H3. The molecule has 0 fully saturated rings. The molecule has 0 atom stereocenters. The fourth-order valence-electron chi connectivity index (χ4n) is 3.76. The van der Waals surface area contributed by atoms with E-state index in [1.807, 2.05) is 0 Å². The molecule has 0 bridgehead atoms. The first-order valence-electron chi connectivity index (χ1n) is 6.91. The molecule has 0 N–H and O–H groups in total. The molecule has 17 heavy (non-hydrogen) atoms. The van der Waals surface area contributed by atoms with Gasteiger partial charge in [0.15, 0.2) is 0 Å². The number of nitrogens with zero attached hydrogens (tertiary/aromatic N) is 1. The molecular weight excluding hydrogens is 206 g/mol. The maximum Gasteiger partial charge on any atom is 0.0308 e. The summed E-state index contributed by atoms with van der Waals surface area (Å²) in [6, 6.07) is 0. The van der Waals surface area contributed by atoms with Gasteiger partial charge in [-0.2, -0.15) is 0 Å². The molecule has 2 aliphatic carbocycles. The maximum atomic E-state index is 4.53. The van der Waals surface area contributed by atoms with E-state index in [0.717, 1.165) is 5.92 Å². The predicted molar refractivity (Wildman–Crippen MR) is 71.5 cm³/mol. The van der Waals surface area contributed by atoms with Crippen molar-refractivity contribution < 1.29 is 0 Å². The Morgan fingerprint density at radius 3 is 1.88 bits per heavy atom. The highest BCUT2D eigenvalue weighted by Gasteiger charge is 2.40. The first kappa shape index (κ1) is 11.3. The van der Waals surface area contributed by atoms with Gasteiger partial charge in [-0.3, -0.25) is 4.98 Å². The van der Waals surface area contributed by atoms with Crippen molar-refractivity contribution >= 4 is 0 Å². The van der Waals surface area contributed by atoms with Crippen LogP contribution in [0.3, 0.4) is 0 Å². The number of pyridine rings is 1. The van der Waals surface area contributed by atoms with Crippen molar-refractivity contribution in [3.63, 3.8) is 0 Å². The molecule has 1 heteroatoms. The van der Waals surface area contributed by atoms with Crippen LogP contribution in [-0.4, -0.2) is 4.98 Å². The molecule has 0 radical (unpaired) electrons. The highest BCUT2D eigenvalue weighted by atomic mass is 14.7. The van der Waals surface area contributed by atoms with Crippen LogP contribution in [0.25, 0.3) is 0 Å². The fourth-order valence-corrected chi connectivity index (χ4v) is 3.76. The Morgan fingerprint density at radius 1 is 0.941 bits per heavy atom. The Morgan fingerprint density at radius 2 is 1.41 bits per heavy atom. The number of aromatic nitrogens is 1. The second-order valence-corrected chi connectivity index (χ2v) is 7.19. The summed E-state index contributed by atoms with van der Waals surface area (Å²) in [7, 11) is 0. The largest absolute Gasteiger partial charge is 0.264 e. The zero-order chi connectivity index (χ0) is 12.3. The molecule has 1 nitrogen and oxygen atoms in total. The first-order chi connectivity index (χ1) is 7.92. The van der Waals surface area contributed by atoms with Gasteiger partial charge in [-0.05, 0) is 59.1 Å². The van der Waals surface area contributed by atoms with Crippen molar-refractivity contribution in [1.82, 2.24) is 4.98 Å². The lowest BCUT2D eigenvalue weighted by Gasteiger charge is -2.44. The Balaban J connectivity index is 2.26. The Labute approximate surface area is 105 Å². The van der Waals surface area contributed by atoms with Crippen LogP contribution in [0, 0.1) is 0 Å². The molecule has 0 unspecified atom stereocenters. The highest BCUT2D eigenvalue weighted by Crippen LogP contribution is 2.51. The highest BCUT2D eigenvalue weighted by molar-refractivity contribution is 5.46. The maximum absolute atomic E-state index is 4.53. The van der Waals surface area contributed by atoms with Crippen molar-refractivity contribution in [2.45, 2.75) is 70.1 Å². The van der Waals surface area contributed by atoms with Gasteiger partial charge in [0.2, 0.25) is 0 Å². The number of rotatable bonds is 0. The van der Waals surface area contributed by atoms with E-state index in [4.69, 9.17) is 0 Å². The van der Waals surface area contributed by atoms with E-state index in [0.29, 0.717) is 10.8 Å². The van der Waals surface area contributed by atoms with Gasteiger partial charge < -0.3 is 0 Å². The van der Waals surface area contributed by atoms with Crippen LogP contribution in [0.1, 0.15) is 76.0 Å². The summed E-state index contributed by atoms with van der Waals surface area (Å²) in [6.45, 7) is 9.51. The van der Waals surface area contributed by atoms with Gasteiger partial charge in [-0.25, -0.2) is 0 Å². The molecule has 0 spiro atoms. The molecule has 2 aliphatic rings. The van der Waals surface area contributed by atoms with Gasteiger partial charge in [0, 0.05) is 12.4 Å². The zero-order valence-corrected chi connectivity index (χ0v) is 11.5. The lowest BCUT2D eigenvalue weighted by Crippen LogP contribution is -2.34. The van der Waals surface area contributed by atoms with Gasteiger partial charge in [-0.15, -0.1) is 0 Å². The van der Waals surface area contributed by atoms with Gasteiger partial charge in [0.05, 0.1) is 0 Å². The predicted octanol–water partition coefficient (Wildman–Crippen LogP) is 4.31. The lowest BCUT2D eigenvalue weighted by molar-refractivity contribution is 0.318. The van der Waals surface area contributed by atoms with Crippen LogP contribution in [0.2, 0.25) is 0 Å². The summed E-state index contributed by atoms with van der Waals surface area (Å²) in [4.78, 5) is 4.53. The van der Waals surface area contributed by atoms with E-state index in [1.165, 1.54) is 36.8 Å². The summed E-state index contributed by atoms with van der Waals surface area (Å²) in [6.07, 6.45) is 9.63. The van der Waals surface area contributed by atoms with E-state index >= 15 is 0 Å². The third-order valence-electron chi connectivity index (χ3n) is 5.09. The minimum Gasteiger partial charge on any atom is -0.264 e. The SMILES string of the molecule is CC1(C)CCC2CCC(C)(C)c3cncc1c32. The molecule has 0 aliphatic heterocycles. The van der Waals surface area contributed by atoms with E-state index in [2.05, 4.69) is 45.1 Å². The van der Waals surface area contributed by atoms with Crippen molar-refractivity contribution in [1.29, 1.82) is 0 Å². The molecule has 1 heterocycles. The third kappa shape index (κ3) is 1.55. The van der Waals surface area contributed by atoms with E-state index in [-0.39, 0.29) is 0 Å². The zero-order valence-electron chi connectivity index (χ0n) is 11.5. The Kier molecular flexibility index (Phi) is 2.21. The second-order valence-electron chi connectivity index (χ2n) is 7.19. The van der Waals surface area contributed by atoms with Gasteiger partial charge in [0.25, 0.3) is 0 Å². The average Bonchev–Trinajstić information content (AvgIpc) is 2.27. The van der Waals surface area contributed by atoms with Gasteiger partial charge >= 0.3 is 0 Å². The molecule has 0 saturated carbocycles. The summed E-state index contributed by atoms with van der Waals surface area (Å²) in [5.41, 5.74) is 5.36. The molecule has 0 aromatic carbocycles. The van der Waals surface area contributed by atoms with Gasteiger partial charge in [0.1, 0.15) is 0 Å². The molecular formula is C16H23N. The molecule has 0 amide bonds. The number of hydrogen-bond donors (Lipinski definition) is 0. The Bertz CT molecular complexity index is 418. The molecule has 1 aromatic heterocycles. The Hall–Kier alpha value is -0.850. The third-order valence-corrected chi connectivity index (χ3v) is 5.09. The van der Waals surface area contributed by atoms with Crippen molar-refractivity contribution in [3.8, 4) is 0 Å².